The maximum Gasteiger partial charge on any atom is 0.123 e. The van der Waals surface area contributed by atoms with Crippen molar-refractivity contribution >= 4 is 0 Å². The van der Waals surface area contributed by atoms with Gasteiger partial charge in [-0.2, -0.15) is 0 Å². The Morgan fingerprint density at radius 1 is 0.929 bits per heavy atom. The summed E-state index contributed by atoms with van der Waals surface area (Å²) < 4.78 is 12.1. The lowest BCUT2D eigenvalue weighted by Gasteiger charge is -1.87. The van der Waals surface area contributed by atoms with Gasteiger partial charge in [-0.3, -0.25) is 0 Å². The molecule has 0 aliphatic rings. The molecule has 1 rings (SSSR count). The highest BCUT2D eigenvalue weighted by Crippen LogP contribution is 1.98. The van der Waals surface area contributed by atoms with Crippen molar-refractivity contribution in [3.63, 3.8) is 0 Å². The summed E-state index contributed by atoms with van der Waals surface area (Å²) >= 11 is 0. The van der Waals surface area contributed by atoms with Gasteiger partial charge in [-0.15, -0.1) is 0 Å². The molecule has 0 amide bonds. The minimum Gasteiger partial charge on any atom is -0.207 e. The molecule has 1 heteroatoms. The quantitative estimate of drug-likeness (QED) is 0.560. The van der Waals surface area contributed by atoms with Gasteiger partial charge in [0.15, 0.2) is 0 Å². The average molecular weight is 198 g/mol. The molecule has 0 bridgehead atoms. The van der Waals surface area contributed by atoms with Crippen molar-refractivity contribution < 1.29 is 4.39 Å². The van der Waals surface area contributed by atoms with E-state index in [1.54, 1.807) is 12.1 Å². The fourth-order valence-corrected chi connectivity index (χ4v) is 0.533. The topological polar surface area (TPSA) is 0 Å². The first-order valence-electron chi connectivity index (χ1n) is 5.24. The van der Waals surface area contributed by atoms with E-state index < -0.39 is 0 Å². The van der Waals surface area contributed by atoms with Crippen LogP contribution in [0.2, 0.25) is 0 Å². The van der Waals surface area contributed by atoms with Crippen LogP contribution in [0.4, 0.5) is 4.39 Å². The number of rotatable bonds is 0. The predicted molar refractivity (Wildman–Crippen MR) is 63.0 cm³/mol. The highest BCUT2D eigenvalue weighted by atomic mass is 19.1. The highest BCUT2D eigenvalue weighted by molar-refractivity contribution is 5.13. The standard InChI is InChI=1S/C7H7F.C4H10.C2H6/c1-6-2-4-7(8)5-3-6;1-4(2)3;1-2/h2-5H,1H3;4H,1-3H3;1-2H3. The van der Waals surface area contributed by atoms with Crippen LogP contribution in [0.1, 0.15) is 40.2 Å². The second-order valence-corrected chi connectivity index (χ2v) is 3.53. The summed E-state index contributed by atoms with van der Waals surface area (Å²) in [5, 5.41) is 0. The maximum absolute atomic E-state index is 12.1. The van der Waals surface area contributed by atoms with Gasteiger partial charge in [-0.25, -0.2) is 4.39 Å². The van der Waals surface area contributed by atoms with Crippen LogP contribution >= 0.6 is 0 Å². The van der Waals surface area contributed by atoms with Gasteiger partial charge in [-0.05, 0) is 25.0 Å². The molecular weight excluding hydrogens is 175 g/mol. The van der Waals surface area contributed by atoms with Crippen LogP contribution in [-0.4, -0.2) is 0 Å². The van der Waals surface area contributed by atoms with Crippen molar-refractivity contribution in [2.45, 2.75) is 41.5 Å². The first-order chi connectivity index (χ1) is 6.52. The van der Waals surface area contributed by atoms with Crippen molar-refractivity contribution in [3.8, 4) is 0 Å². The summed E-state index contributed by atoms with van der Waals surface area (Å²) in [5.41, 5.74) is 1.09. The molecule has 0 aromatic heterocycles. The van der Waals surface area contributed by atoms with Gasteiger partial charge in [0.25, 0.3) is 0 Å². The molecule has 0 aliphatic carbocycles. The molecule has 0 spiro atoms. The van der Waals surface area contributed by atoms with Gasteiger partial charge in [0, 0.05) is 0 Å². The second kappa shape index (κ2) is 10.2. The average Bonchev–Trinajstić information content (AvgIpc) is 2.13. The summed E-state index contributed by atoms with van der Waals surface area (Å²) in [6.07, 6.45) is 0. The molecule has 0 aliphatic heterocycles. The molecule has 14 heavy (non-hydrogen) atoms. The first-order valence-corrected chi connectivity index (χ1v) is 5.24. The first kappa shape index (κ1) is 15.6. The molecule has 0 radical (unpaired) electrons. The lowest BCUT2D eigenvalue weighted by molar-refractivity contribution is 0.627. The Morgan fingerprint density at radius 2 is 1.21 bits per heavy atom. The third-order valence-corrected chi connectivity index (χ3v) is 1.01. The van der Waals surface area contributed by atoms with Crippen LogP contribution in [-0.2, 0) is 0 Å². The summed E-state index contributed by atoms with van der Waals surface area (Å²) in [6.45, 7) is 12.4. The Hall–Kier alpha value is -0.850. The summed E-state index contributed by atoms with van der Waals surface area (Å²) in [7, 11) is 0. The summed E-state index contributed by atoms with van der Waals surface area (Å²) in [6, 6.07) is 6.40. The zero-order chi connectivity index (χ0) is 11.6. The van der Waals surface area contributed by atoms with E-state index in [2.05, 4.69) is 20.8 Å². The zero-order valence-corrected chi connectivity index (χ0v) is 10.3. The number of hydrogen-bond acceptors (Lipinski definition) is 0. The highest BCUT2D eigenvalue weighted by Gasteiger charge is 1.83. The van der Waals surface area contributed by atoms with E-state index in [1.165, 1.54) is 12.1 Å². The number of aryl methyl sites for hydroxylation is 1. The number of hydrogen-bond donors (Lipinski definition) is 0. The van der Waals surface area contributed by atoms with E-state index in [9.17, 15) is 4.39 Å². The van der Waals surface area contributed by atoms with E-state index in [4.69, 9.17) is 0 Å². The molecule has 1 aromatic carbocycles. The van der Waals surface area contributed by atoms with Crippen LogP contribution in [0, 0.1) is 18.7 Å². The Balaban J connectivity index is 0. The fraction of sp³-hybridized carbons (Fsp3) is 0.538. The SMILES string of the molecule is CC.CC(C)C.Cc1ccc(F)cc1. The Bertz CT molecular complexity index is 175. The van der Waals surface area contributed by atoms with Crippen LogP contribution in [0.5, 0.6) is 0 Å². The van der Waals surface area contributed by atoms with Gasteiger partial charge in [0.1, 0.15) is 5.82 Å². The number of benzene rings is 1. The molecular formula is C13H23F. The minimum atomic E-state index is -0.171. The van der Waals surface area contributed by atoms with Crippen molar-refractivity contribution in [1.82, 2.24) is 0 Å². The zero-order valence-electron chi connectivity index (χ0n) is 10.3. The Kier molecular flexibility index (Phi) is 11.4. The van der Waals surface area contributed by atoms with Crippen molar-refractivity contribution in [2.24, 2.45) is 5.92 Å². The third-order valence-electron chi connectivity index (χ3n) is 1.01. The Labute approximate surface area is 88.2 Å². The van der Waals surface area contributed by atoms with Gasteiger partial charge in [-0.1, -0.05) is 52.3 Å². The van der Waals surface area contributed by atoms with Crippen molar-refractivity contribution in [3.05, 3.63) is 35.6 Å². The summed E-state index contributed by atoms with van der Waals surface area (Å²) in [4.78, 5) is 0. The van der Waals surface area contributed by atoms with Gasteiger partial charge >= 0.3 is 0 Å². The van der Waals surface area contributed by atoms with Crippen LogP contribution in [0.15, 0.2) is 24.3 Å². The summed E-state index contributed by atoms with van der Waals surface area (Å²) in [5.74, 6) is 0.663. The second-order valence-electron chi connectivity index (χ2n) is 3.53. The monoisotopic (exact) mass is 198 g/mol. The normalized spacial score (nSPS) is 8.29. The molecule has 0 saturated carbocycles. The van der Waals surface area contributed by atoms with Gasteiger partial charge in [0.05, 0.1) is 0 Å². The smallest absolute Gasteiger partial charge is 0.123 e. The third kappa shape index (κ3) is 13.7. The predicted octanol–water partition coefficient (Wildman–Crippen LogP) is 4.82. The molecule has 1 aromatic rings. The van der Waals surface area contributed by atoms with Crippen molar-refractivity contribution in [1.29, 1.82) is 0 Å². The lowest BCUT2D eigenvalue weighted by Crippen LogP contribution is -1.71. The molecule has 0 unspecified atom stereocenters. The van der Waals surface area contributed by atoms with E-state index in [0.29, 0.717) is 0 Å². The Morgan fingerprint density at radius 3 is 1.43 bits per heavy atom. The largest absolute Gasteiger partial charge is 0.207 e. The lowest BCUT2D eigenvalue weighted by atomic mass is 10.2. The number of halogens is 1. The van der Waals surface area contributed by atoms with Gasteiger partial charge in [0.2, 0.25) is 0 Å². The van der Waals surface area contributed by atoms with Crippen molar-refractivity contribution in [2.75, 3.05) is 0 Å². The van der Waals surface area contributed by atoms with Crippen LogP contribution in [0.3, 0.4) is 0 Å². The molecule has 0 N–H and O–H groups in total. The van der Waals surface area contributed by atoms with Crippen LogP contribution < -0.4 is 0 Å². The maximum atomic E-state index is 12.1. The minimum absolute atomic E-state index is 0.171. The molecule has 0 atom stereocenters. The van der Waals surface area contributed by atoms with E-state index in [0.717, 1.165) is 11.5 Å². The van der Waals surface area contributed by atoms with E-state index >= 15 is 0 Å². The van der Waals surface area contributed by atoms with Gasteiger partial charge < -0.3 is 0 Å². The molecule has 0 heterocycles. The molecule has 0 nitrogen and oxygen atoms in total. The fourth-order valence-electron chi connectivity index (χ4n) is 0.533. The molecule has 82 valence electrons. The van der Waals surface area contributed by atoms with E-state index in [1.807, 2.05) is 20.8 Å². The van der Waals surface area contributed by atoms with Crippen LogP contribution in [0.25, 0.3) is 0 Å². The molecule has 0 saturated heterocycles. The molecule has 0 fully saturated rings. The van der Waals surface area contributed by atoms with E-state index in [-0.39, 0.29) is 5.82 Å².